The highest BCUT2D eigenvalue weighted by molar-refractivity contribution is 6.32. The summed E-state index contributed by atoms with van der Waals surface area (Å²) in [5, 5.41) is 0.0181. The molecule has 0 spiro atoms. The number of rotatable bonds is 2. The number of morpholine rings is 1. The van der Waals surface area contributed by atoms with Gasteiger partial charge in [-0.15, -0.1) is 0 Å². The zero-order valence-electron chi connectivity index (χ0n) is 12.7. The number of hydrogen-bond donors (Lipinski definition) is 1. The van der Waals surface area contributed by atoms with Gasteiger partial charge < -0.3 is 14.6 Å². The van der Waals surface area contributed by atoms with Crippen molar-refractivity contribution in [2.24, 2.45) is 0 Å². The fraction of sp³-hybridized carbons (Fsp3) is 0.400. The Morgan fingerprint density at radius 3 is 2.74 bits per heavy atom. The summed E-state index contributed by atoms with van der Waals surface area (Å²) >= 11 is 6.14. The second kappa shape index (κ2) is 6.25. The minimum Gasteiger partial charge on any atom is -0.372 e. The number of aromatic nitrogens is 3. The van der Waals surface area contributed by atoms with Gasteiger partial charge in [0.05, 0.1) is 12.2 Å². The van der Waals surface area contributed by atoms with Gasteiger partial charge in [-0.1, -0.05) is 11.6 Å². The van der Waals surface area contributed by atoms with Gasteiger partial charge in [0, 0.05) is 30.9 Å². The van der Waals surface area contributed by atoms with E-state index in [1.807, 2.05) is 18.7 Å². The van der Waals surface area contributed by atoms with Crippen molar-refractivity contribution < 1.29 is 9.13 Å². The Labute approximate surface area is 137 Å². The SMILES string of the molecule is CC1CN(c2nc(-c3ccnc(F)c3)[nH]c(=O)c2Cl)CC(C)O1. The van der Waals surface area contributed by atoms with Crippen molar-refractivity contribution in [2.45, 2.75) is 26.1 Å². The molecule has 1 aliphatic rings. The first kappa shape index (κ1) is 15.9. The maximum Gasteiger partial charge on any atom is 0.272 e. The fourth-order valence-electron chi connectivity index (χ4n) is 2.69. The molecule has 3 rings (SSSR count). The molecule has 2 unspecified atom stereocenters. The number of anilines is 1. The van der Waals surface area contributed by atoms with E-state index >= 15 is 0 Å². The summed E-state index contributed by atoms with van der Waals surface area (Å²) in [5.74, 6) is -0.0117. The number of nitrogens with zero attached hydrogens (tertiary/aromatic N) is 3. The Morgan fingerprint density at radius 2 is 2.09 bits per heavy atom. The standard InChI is InChI=1S/C15H16ClFN4O2/c1-8-6-21(7-9(2)23-8)14-12(16)15(22)20-13(19-14)10-3-4-18-11(17)5-10/h3-5,8-9H,6-7H2,1-2H3,(H,19,20,22). The van der Waals surface area contributed by atoms with Crippen molar-refractivity contribution in [3.05, 3.63) is 39.7 Å². The molecule has 1 fully saturated rings. The summed E-state index contributed by atoms with van der Waals surface area (Å²) < 4.78 is 19.0. The Bertz CT molecular complexity index is 772. The lowest BCUT2D eigenvalue weighted by Gasteiger charge is -2.36. The monoisotopic (exact) mass is 338 g/mol. The van der Waals surface area contributed by atoms with E-state index in [9.17, 15) is 9.18 Å². The van der Waals surface area contributed by atoms with Crippen molar-refractivity contribution in [1.29, 1.82) is 0 Å². The third-order valence-corrected chi connectivity index (χ3v) is 3.91. The second-order valence-electron chi connectivity index (χ2n) is 5.58. The van der Waals surface area contributed by atoms with Crippen LogP contribution in [0.4, 0.5) is 10.2 Å². The highest BCUT2D eigenvalue weighted by atomic mass is 35.5. The molecule has 2 aromatic heterocycles. The van der Waals surface area contributed by atoms with Crippen LogP contribution in [-0.2, 0) is 4.74 Å². The Morgan fingerprint density at radius 1 is 1.39 bits per heavy atom. The maximum atomic E-state index is 13.3. The topological polar surface area (TPSA) is 71.1 Å². The number of aromatic amines is 1. The van der Waals surface area contributed by atoms with E-state index in [1.54, 1.807) is 6.07 Å². The van der Waals surface area contributed by atoms with Gasteiger partial charge >= 0.3 is 0 Å². The molecule has 1 N–H and O–H groups in total. The molecule has 1 aliphatic heterocycles. The Hall–Kier alpha value is -1.99. The van der Waals surface area contributed by atoms with Crippen LogP contribution in [0, 0.1) is 5.95 Å². The largest absolute Gasteiger partial charge is 0.372 e. The molecule has 1 saturated heterocycles. The first-order chi connectivity index (χ1) is 10.9. The van der Waals surface area contributed by atoms with E-state index in [1.165, 1.54) is 12.3 Å². The molecule has 0 aliphatic carbocycles. The van der Waals surface area contributed by atoms with Crippen LogP contribution in [-0.4, -0.2) is 40.2 Å². The highest BCUT2D eigenvalue weighted by Gasteiger charge is 2.26. The van der Waals surface area contributed by atoms with Gasteiger partial charge in [0.2, 0.25) is 5.95 Å². The summed E-state index contributed by atoms with van der Waals surface area (Å²) in [6, 6.07) is 2.78. The minimum absolute atomic E-state index is 0.00211. The molecular formula is C15H16ClFN4O2. The molecule has 0 bridgehead atoms. The molecule has 8 heteroatoms. The number of ether oxygens (including phenoxy) is 1. The number of H-pyrrole nitrogens is 1. The van der Waals surface area contributed by atoms with E-state index in [4.69, 9.17) is 16.3 Å². The molecule has 122 valence electrons. The molecule has 6 nitrogen and oxygen atoms in total. The number of pyridine rings is 1. The van der Waals surface area contributed by atoms with E-state index in [2.05, 4.69) is 15.0 Å². The van der Waals surface area contributed by atoms with Crippen LogP contribution in [0.5, 0.6) is 0 Å². The van der Waals surface area contributed by atoms with Gasteiger partial charge in [-0.2, -0.15) is 4.39 Å². The Kier molecular flexibility index (Phi) is 4.32. The van der Waals surface area contributed by atoms with Crippen LogP contribution in [0.15, 0.2) is 23.1 Å². The van der Waals surface area contributed by atoms with Gasteiger partial charge in [-0.05, 0) is 19.9 Å². The normalized spacial score (nSPS) is 21.5. The van der Waals surface area contributed by atoms with Crippen molar-refractivity contribution in [3.8, 4) is 11.4 Å². The van der Waals surface area contributed by atoms with Crippen LogP contribution in [0.2, 0.25) is 5.02 Å². The van der Waals surface area contributed by atoms with Crippen LogP contribution in [0.3, 0.4) is 0 Å². The predicted octanol–water partition coefficient (Wildman–Crippen LogP) is 2.24. The summed E-state index contributed by atoms with van der Waals surface area (Å²) in [6.07, 6.45) is 1.31. The van der Waals surface area contributed by atoms with Crippen LogP contribution >= 0.6 is 11.6 Å². The second-order valence-corrected chi connectivity index (χ2v) is 5.96. The summed E-state index contributed by atoms with van der Waals surface area (Å²) in [4.78, 5) is 24.5. The maximum absolute atomic E-state index is 13.3. The van der Waals surface area contributed by atoms with Crippen molar-refractivity contribution in [2.75, 3.05) is 18.0 Å². The smallest absolute Gasteiger partial charge is 0.272 e. The van der Waals surface area contributed by atoms with Crippen molar-refractivity contribution in [1.82, 2.24) is 15.0 Å². The highest BCUT2D eigenvalue weighted by Crippen LogP contribution is 2.26. The van der Waals surface area contributed by atoms with E-state index < -0.39 is 11.5 Å². The van der Waals surface area contributed by atoms with Crippen molar-refractivity contribution in [3.63, 3.8) is 0 Å². The summed E-state index contributed by atoms with van der Waals surface area (Å²) in [7, 11) is 0. The molecule has 23 heavy (non-hydrogen) atoms. The molecule has 0 radical (unpaired) electrons. The fourth-order valence-corrected chi connectivity index (χ4v) is 2.90. The van der Waals surface area contributed by atoms with E-state index in [0.717, 1.165) is 0 Å². The van der Waals surface area contributed by atoms with Crippen LogP contribution in [0.1, 0.15) is 13.8 Å². The van der Waals surface area contributed by atoms with Crippen LogP contribution in [0.25, 0.3) is 11.4 Å². The molecule has 0 amide bonds. The average molecular weight is 339 g/mol. The minimum atomic E-state index is -0.643. The predicted molar refractivity (Wildman–Crippen MR) is 85.3 cm³/mol. The quantitative estimate of drug-likeness (QED) is 0.850. The first-order valence-electron chi connectivity index (χ1n) is 7.26. The first-order valence-corrected chi connectivity index (χ1v) is 7.64. The van der Waals surface area contributed by atoms with Crippen molar-refractivity contribution >= 4 is 17.4 Å². The molecule has 3 heterocycles. The van der Waals surface area contributed by atoms with Gasteiger partial charge in [-0.25, -0.2) is 9.97 Å². The van der Waals surface area contributed by atoms with Crippen LogP contribution < -0.4 is 10.5 Å². The third-order valence-electron chi connectivity index (χ3n) is 3.56. The van der Waals surface area contributed by atoms with E-state index in [0.29, 0.717) is 24.5 Å². The number of halogens is 2. The molecular weight excluding hydrogens is 323 g/mol. The Balaban J connectivity index is 2.05. The summed E-state index contributed by atoms with van der Waals surface area (Å²) in [5.41, 5.74) is -0.0300. The average Bonchev–Trinajstić information content (AvgIpc) is 2.49. The van der Waals surface area contributed by atoms with Gasteiger partial charge in [0.1, 0.15) is 10.8 Å². The molecule has 2 aromatic rings. The van der Waals surface area contributed by atoms with E-state index in [-0.39, 0.29) is 23.1 Å². The lowest BCUT2D eigenvalue weighted by Crippen LogP contribution is -2.46. The molecule has 0 aromatic carbocycles. The zero-order chi connectivity index (χ0) is 16.6. The lowest BCUT2D eigenvalue weighted by atomic mass is 10.2. The molecule has 0 saturated carbocycles. The van der Waals surface area contributed by atoms with Gasteiger partial charge in [0.25, 0.3) is 5.56 Å². The van der Waals surface area contributed by atoms with Gasteiger partial charge in [0.15, 0.2) is 5.82 Å². The molecule has 2 atom stereocenters. The summed E-state index contributed by atoms with van der Waals surface area (Å²) in [6.45, 7) is 5.04. The zero-order valence-corrected chi connectivity index (χ0v) is 13.5. The number of nitrogens with one attached hydrogen (secondary N) is 1. The van der Waals surface area contributed by atoms with Gasteiger partial charge in [-0.3, -0.25) is 4.79 Å². The number of hydrogen-bond acceptors (Lipinski definition) is 5. The third kappa shape index (κ3) is 3.35. The lowest BCUT2D eigenvalue weighted by molar-refractivity contribution is -0.00545.